The van der Waals surface area contributed by atoms with E-state index in [0.717, 1.165) is 39.0 Å². The summed E-state index contributed by atoms with van der Waals surface area (Å²) in [6.45, 7) is 4.85. The Morgan fingerprint density at radius 2 is 1.95 bits per heavy atom. The lowest BCUT2D eigenvalue weighted by Gasteiger charge is -2.36. The van der Waals surface area contributed by atoms with Crippen molar-refractivity contribution in [2.24, 2.45) is 0 Å². The summed E-state index contributed by atoms with van der Waals surface area (Å²) in [5, 5.41) is 0. The van der Waals surface area contributed by atoms with E-state index in [4.69, 9.17) is 4.74 Å². The standard InChI is InChI=1S/C16H23N3O2/c20-16(19-8-2-1-3-9-19)15-13-18(10-11-21-15)12-14-4-6-17-7-5-14/h4-7,15H,1-3,8-13H2. The lowest BCUT2D eigenvalue weighted by molar-refractivity contribution is -0.150. The van der Waals surface area contributed by atoms with Crippen LogP contribution < -0.4 is 0 Å². The molecule has 2 aliphatic rings. The summed E-state index contributed by atoms with van der Waals surface area (Å²) in [6, 6.07) is 4.05. The number of ether oxygens (including phenoxy) is 1. The van der Waals surface area contributed by atoms with E-state index in [-0.39, 0.29) is 12.0 Å². The van der Waals surface area contributed by atoms with E-state index in [1.807, 2.05) is 29.4 Å². The smallest absolute Gasteiger partial charge is 0.253 e. The highest BCUT2D eigenvalue weighted by atomic mass is 16.5. The summed E-state index contributed by atoms with van der Waals surface area (Å²) in [4.78, 5) is 20.8. The zero-order chi connectivity index (χ0) is 14.5. The molecule has 114 valence electrons. The minimum Gasteiger partial charge on any atom is -0.366 e. The topological polar surface area (TPSA) is 45.7 Å². The Bertz CT molecular complexity index is 460. The average Bonchev–Trinajstić information content (AvgIpc) is 2.56. The first kappa shape index (κ1) is 14.5. The molecule has 5 nitrogen and oxygen atoms in total. The summed E-state index contributed by atoms with van der Waals surface area (Å²) in [5.74, 6) is 0.175. The van der Waals surface area contributed by atoms with Gasteiger partial charge in [-0.2, -0.15) is 0 Å². The molecule has 0 N–H and O–H groups in total. The molecule has 2 fully saturated rings. The summed E-state index contributed by atoms with van der Waals surface area (Å²) < 4.78 is 5.72. The highest BCUT2D eigenvalue weighted by molar-refractivity contribution is 5.81. The number of nitrogens with zero attached hydrogens (tertiary/aromatic N) is 3. The molecule has 1 amide bonds. The minimum absolute atomic E-state index is 0.175. The molecule has 3 rings (SSSR count). The minimum atomic E-state index is -0.293. The molecule has 1 aromatic rings. The van der Waals surface area contributed by atoms with E-state index >= 15 is 0 Å². The van der Waals surface area contributed by atoms with E-state index in [0.29, 0.717) is 13.2 Å². The van der Waals surface area contributed by atoms with Gasteiger partial charge in [-0.15, -0.1) is 0 Å². The zero-order valence-electron chi connectivity index (χ0n) is 12.4. The van der Waals surface area contributed by atoms with Crippen molar-refractivity contribution in [2.75, 3.05) is 32.8 Å². The third kappa shape index (κ3) is 3.80. The second-order valence-corrected chi connectivity index (χ2v) is 5.84. The number of morpholine rings is 1. The van der Waals surface area contributed by atoms with E-state index in [1.54, 1.807) is 0 Å². The van der Waals surface area contributed by atoms with E-state index < -0.39 is 0 Å². The SMILES string of the molecule is O=C(C1CN(Cc2ccncc2)CCO1)N1CCCCC1. The molecule has 21 heavy (non-hydrogen) atoms. The Morgan fingerprint density at radius 3 is 2.71 bits per heavy atom. The Morgan fingerprint density at radius 1 is 1.19 bits per heavy atom. The van der Waals surface area contributed by atoms with Gasteiger partial charge in [0, 0.05) is 45.1 Å². The molecule has 1 atom stereocenters. The van der Waals surface area contributed by atoms with Crippen molar-refractivity contribution in [3.8, 4) is 0 Å². The number of aromatic nitrogens is 1. The molecule has 0 saturated carbocycles. The van der Waals surface area contributed by atoms with Gasteiger partial charge in [0.2, 0.25) is 0 Å². The van der Waals surface area contributed by atoms with Gasteiger partial charge >= 0.3 is 0 Å². The van der Waals surface area contributed by atoms with Crippen molar-refractivity contribution >= 4 is 5.91 Å². The van der Waals surface area contributed by atoms with E-state index in [9.17, 15) is 4.79 Å². The fraction of sp³-hybridized carbons (Fsp3) is 0.625. The molecule has 0 aliphatic carbocycles. The predicted molar refractivity (Wildman–Crippen MR) is 79.7 cm³/mol. The number of likely N-dealkylation sites (tertiary alicyclic amines) is 1. The maximum Gasteiger partial charge on any atom is 0.253 e. The monoisotopic (exact) mass is 289 g/mol. The maximum atomic E-state index is 12.5. The Balaban J connectivity index is 1.56. The molecule has 1 aromatic heterocycles. The molecule has 0 bridgehead atoms. The van der Waals surface area contributed by atoms with Crippen LogP contribution in [0.4, 0.5) is 0 Å². The third-order valence-corrected chi connectivity index (χ3v) is 4.25. The molecular weight excluding hydrogens is 266 g/mol. The number of hydrogen-bond donors (Lipinski definition) is 0. The summed E-state index contributed by atoms with van der Waals surface area (Å²) in [7, 11) is 0. The van der Waals surface area contributed by atoms with Gasteiger partial charge in [0.1, 0.15) is 6.10 Å². The molecular formula is C16H23N3O2. The number of piperidine rings is 1. The first-order valence-corrected chi connectivity index (χ1v) is 7.84. The number of rotatable bonds is 3. The van der Waals surface area contributed by atoms with Crippen molar-refractivity contribution < 1.29 is 9.53 Å². The fourth-order valence-corrected chi connectivity index (χ4v) is 3.06. The van der Waals surface area contributed by atoms with Gasteiger partial charge in [-0.1, -0.05) is 0 Å². The number of amides is 1. The largest absolute Gasteiger partial charge is 0.366 e. The molecule has 2 saturated heterocycles. The second kappa shape index (κ2) is 7.00. The molecule has 0 aromatic carbocycles. The number of hydrogen-bond acceptors (Lipinski definition) is 4. The third-order valence-electron chi connectivity index (χ3n) is 4.25. The van der Waals surface area contributed by atoms with Crippen LogP contribution in [0.25, 0.3) is 0 Å². The Kier molecular flexibility index (Phi) is 4.83. The lowest BCUT2D eigenvalue weighted by Crippen LogP contribution is -2.51. The normalized spacial score (nSPS) is 24.0. The molecule has 0 radical (unpaired) electrons. The Labute approximate surface area is 125 Å². The summed E-state index contributed by atoms with van der Waals surface area (Å²) in [6.07, 6.45) is 6.82. The van der Waals surface area contributed by atoms with Crippen LogP contribution in [0.2, 0.25) is 0 Å². The van der Waals surface area contributed by atoms with Crippen molar-refractivity contribution in [3.05, 3.63) is 30.1 Å². The molecule has 3 heterocycles. The highest BCUT2D eigenvalue weighted by Crippen LogP contribution is 2.15. The number of pyridine rings is 1. The van der Waals surface area contributed by atoms with Gasteiger partial charge in [-0.05, 0) is 37.0 Å². The van der Waals surface area contributed by atoms with Gasteiger partial charge < -0.3 is 9.64 Å². The van der Waals surface area contributed by atoms with E-state index in [1.165, 1.54) is 12.0 Å². The van der Waals surface area contributed by atoms with Crippen LogP contribution in [0, 0.1) is 0 Å². The quantitative estimate of drug-likeness (QED) is 0.841. The molecule has 5 heteroatoms. The maximum absolute atomic E-state index is 12.5. The average molecular weight is 289 g/mol. The lowest BCUT2D eigenvalue weighted by atomic mass is 10.1. The highest BCUT2D eigenvalue weighted by Gasteiger charge is 2.30. The van der Waals surface area contributed by atoms with Crippen LogP contribution in [-0.4, -0.2) is 59.6 Å². The van der Waals surface area contributed by atoms with Crippen LogP contribution in [-0.2, 0) is 16.1 Å². The van der Waals surface area contributed by atoms with Crippen LogP contribution in [0.15, 0.2) is 24.5 Å². The van der Waals surface area contributed by atoms with Crippen LogP contribution in [0.5, 0.6) is 0 Å². The van der Waals surface area contributed by atoms with Crippen LogP contribution >= 0.6 is 0 Å². The Hall–Kier alpha value is -1.46. The van der Waals surface area contributed by atoms with Crippen LogP contribution in [0.1, 0.15) is 24.8 Å². The van der Waals surface area contributed by atoms with Gasteiger partial charge in [0.15, 0.2) is 0 Å². The predicted octanol–water partition coefficient (Wildman–Crippen LogP) is 1.29. The fourth-order valence-electron chi connectivity index (χ4n) is 3.06. The van der Waals surface area contributed by atoms with Crippen molar-refractivity contribution in [1.29, 1.82) is 0 Å². The van der Waals surface area contributed by atoms with Crippen molar-refractivity contribution in [2.45, 2.75) is 31.9 Å². The van der Waals surface area contributed by atoms with Crippen molar-refractivity contribution in [1.82, 2.24) is 14.8 Å². The van der Waals surface area contributed by atoms with Crippen LogP contribution in [0.3, 0.4) is 0 Å². The van der Waals surface area contributed by atoms with Crippen molar-refractivity contribution in [3.63, 3.8) is 0 Å². The van der Waals surface area contributed by atoms with Gasteiger partial charge in [0.25, 0.3) is 5.91 Å². The van der Waals surface area contributed by atoms with Gasteiger partial charge in [0.05, 0.1) is 6.61 Å². The number of carbonyl (C=O) groups excluding carboxylic acids is 1. The molecule has 2 aliphatic heterocycles. The summed E-state index contributed by atoms with van der Waals surface area (Å²) >= 11 is 0. The second-order valence-electron chi connectivity index (χ2n) is 5.84. The summed E-state index contributed by atoms with van der Waals surface area (Å²) in [5.41, 5.74) is 1.23. The van der Waals surface area contributed by atoms with Gasteiger partial charge in [-0.25, -0.2) is 0 Å². The zero-order valence-corrected chi connectivity index (χ0v) is 12.4. The molecule has 0 spiro atoms. The van der Waals surface area contributed by atoms with Gasteiger partial charge in [-0.3, -0.25) is 14.7 Å². The first-order valence-electron chi connectivity index (χ1n) is 7.84. The first-order chi connectivity index (χ1) is 10.3. The van der Waals surface area contributed by atoms with E-state index in [2.05, 4.69) is 9.88 Å². The molecule has 1 unspecified atom stereocenters. The number of carbonyl (C=O) groups is 1.